The molecule has 0 saturated carbocycles. The highest BCUT2D eigenvalue weighted by atomic mass is 79.9. The molecule has 0 radical (unpaired) electrons. The van der Waals surface area contributed by atoms with Crippen molar-refractivity contribution in [2.45, 2.75) is 25.3 Å². The number of carboxylic acids is 1. The molecule has 2 fully saturated rings. The van der Waals surface area contributed by atoms with E-state index < -0.39 is 17.9 Å². The predicted molar refractivity (Wildman–Crippen MR) is 87.0 cm³/mol. The number of benzene rings is 1. The van der Waals surface area contributed by atoms with E-state index in [0.29, 0.717) is 32.4 Å². The number of para-hydroxylation sites is 1. The highest BCUT2D eigenvalue weighted by Crippen LogP contribution is 2.33. The summed E-state index contributed by atoms with van der Waals surface area (Å²) in [6.45, 7) is 0.873. The summed E-state index contributed by atoms with van der Waals surface area (Å²) in [5.74, 6) is -2.38. The van der Waals surface area contributed by atoms with E-state index in [0.717, 1.165) is 10.2 Å². The van der Waals surface area contributed by atoms with Gasteiger partial charge in [0.2, 0.25) is 11.8 Å². The van der Waals surface area contributed by atoms with Crippen LogP contribution in [0.3, 0.4) is 0 Å². The molecule has 2 atom stereocenters. The van der Waals surface area contributed by atoms with E-state index in [1.165, 1.54) is 4.90 Å². The summed E-state index contributed by atoms with van der Waals surface area (Å²) in [6.07, 6.45) is 1.54. The van der Waals surface area contributed by atoms with E-state index in [4.69, 9.17) is 0 Å². The lowest BCUT2D eigenvalue weighted by molar-refractivity contribution is -0.151. The molecule has 0 aromatic heterocycles. The lowest BCUT2D eigenvalue weighted by Gasteiger charge is -2.24. The second-order valence-corrected chi connectivity index (χ2v) is 6.66. The number of carbonyl (C=O) groups is 3. The van der Waals surface area contributed by atoms with Crippen LogP contribution in [0, 0.1) is 5.92 Å². The smallest absolute Gasteiger partial charge is 0.326 e. The standard InChI is InChI=1S/C16H17BrN2O4/c17-11-4-1-2-5-12(11)19-9-7-10(15(19)21)14(20)18-8-3-6-13(18)16(22)23/h1-2,4-5,10,13H,3,6-9H2,(H,22,23)/t10-,13-/m1/s1. The van der Waals surface area contributed by atoms with Crippen LogP contribution in [0.4, 0.5) is 5.69 Å². The summed E-state index contributed by atoms with van der Waals surface area (Å²) >= 11 is 3.42. The molecule has 1 aromatic rings. The SMILES string of the molecule is O=C(O)[C@H]1CCCN1C(=O)[C@H]1CCN(c2ccccc2Br)C1=O. The monoisotopic (exact) mass is 380 g/mol. The molecule has 2 heterocycles. The van der Waals surface area contributed by atoms with Gasteiger partial charge in [-0.1, -0.05) is 12.1 Å². The quantitative estimate of drug-likeness (QED) is 0.812. The van der Waals surface area contributed by atoms with Gasteiger partial charge in [0.25, 0.3) is 0 Å². The third-order valence-corrected chi connectivity index (χ3v) is 5.14. The number of aliphatic carboxylic acids is 1. The minimum atomic E-state index is -0.996. The lowest BCUT2D eigenvalue weighted by Crippen LogP contribution is -2.45. The van der Waals surface area contributed by atoms with Crippen molar-refractivity contribution in [2.24, 2.45) is 5.92 Å². The van der Waals surface area contributed by atoms with Crippen molar-refractivity contribution in [2.75, 3.05) is 18.0 Å². The number of halogens is 1. The van der Waals surface area contributed by atoms with Crippen LogP contribution >= 0.6 is 15.9 Å². The molecule has 122 valence electrons. The van der Waals surface area contributed by atoms with Gasteiger partial charge in [0.1, 0.15) is 12.0 Å². The summed E-state index contributed by atoms with van der Waals surface area (Å²) in [6, 6.07) is 6.57. The van der Waals surface area contributed by atoms with Gasteiger partial charge in [0.05, 0.1) is 5.69 Å². The molecule has 3 rings (SSSR count). The molecule has 2 saturated heterocycles. The second-order valence-electron chi connectivity index (χ2n) is 5.81. The zero-order valence-electron chi connectivity index (χ0n) is 12.4. The molecular formula is C16H17BrN2O4. The average molecular weight is 381 g/mol. The van der Waals surface area contributed by atoms with E-state index in [-0.39, 0.29) is 11.8 Å². The third kappa shape index (κ3) is 2.85. The first kappa shape index (κ1) is 16.0. The maximum atomic E-state index is 12.6. The van der Waals surface area contributed by atoms with Gasteiger partial charge in [-0.2, -0.15) is 0 Å². The van der Waals surface area contributed by atoms with Crippen molar-refractivity contribution in [1.29, 1.82) is 0 Å². The van der Waals surface area contributed by atoms with Gasteiger partial charge < -0.3 is 14.9 Å². The summed E-state index contributed by atoms with van der Waals surface area (Å²) in [7, 11) is 0. The maximum Gasteiger partial charge on any atom is 0.326 e. The number of hydrogen-bond acceptors (Lipinski definition) is 3. The van der Waals surface area contributed by atoms with E-state index >= 15 is 0 Å². The van der Waals surface area contributed by atoms with Gasteiger partial charge >= 0.3 is 5.97 Å². The minimum Gasteiger partial charge on any atom is -0.480 e. The Morgan fingerprint density at radius 1 is 1.17 bits per heavy atom. The Morgan fingerprint density at radius 2 is 1.91 bits per heavy atom. The number of hydrogen-bond donors (Lipinski definition) is 1. The molecule has 1 N–H and O–H groups in total. The topological polar surface area (TPSA) is 77.9 Å². The molecule has 23 heavy (non-hydrogen) atoms. The first-order valence-electron chi connectivity index (χ1n) is 7.60. The molecule has 0 bridgehead atoms. The van der Waals surface area contributed by atoms with Crippen molar-refractivity contribution in [3.8, 4) is 0 Å². The largest absolute Gasteiger partial charge is 0.480 e. The van der Waals surface area contributed by atoms with Crippen molar-refractivity contribution in [3.05, 3.63) is 28.7 Å². The zero-order chi connectivity index (χ0) is 16.6. The van der Waals surface area contributed by atoms with Gasteiger partial charge in [-0.05, 0) is 47.3 Å². The number of likely N-dealkylation sites (tertiary alicyclic amines) is 1. The fourth-order valence-corrected chi connectivity index (χ4v) is 3.81. The number of nitrogens with zero attached hydrogens (tertiary/aromatic N) is 2. The zero-order valence-corrected chi connectivity index (χ0v) is 14.0. The Labute approximate surface area is 142 Å². The summed E-state index contributed by atoms with van der Waals surface area (Å²) in [4.78, 5) is 39.5. The summed E-state index contributed by atoms with van der Waals surface area (Å²) < 4.78 is 0.797. The Bertz CT molecular complexity index is 663. The van der Waals surface area contributed by atoms with Crippen molar-refractivity contribution >= 4 is 39.4 Å². The molecule has 2 amide bonds. The van der Waals surface area contributed by atoms with Crippen molar-refractivity contribution < 1.29 is 19.5 Å². The van der Waals surface area contributed by atoms with Crippen LogP contribution in [0.5, 0.6) is 0 Å². The molecule has 0 aliphatic carbocycles. The number of carbonyl (C=O) groups excluding carboxylic acids is 2. The number of amides is 2. The summed E-state index contributed by atoms with van der Waals surface area (Å²) in [5.41, 5.74) is 0.740. The van der Waals surface area contributed by atoms with Crippen LogP contribution in [-0.4, -0.2) is 46.9 Å². The Hall–Kier alpha value is -1.89. The second kappa shape index (κ2) is 6.31. The van der Waals surface area contributed by atoms with Crippen LogP contribution in [0.1, 0.15) is 19.3 Å². The Balaban J connectivity index is 1.78. The first-order valence-corrected chi connectivity index (χ1v) is 8.39. The van der Waals surface area contributed by atoms with Crippen LogP contribution in [0.15, 0.2) is 28.7 Å². The van der Waals surface area contributed by atoms with E-state index in [2.05, 4.69) is 15.9 Å². The number of rotatable bonds is 3. The molecule has 2 aliphatic rings. The minimum absolute atomic E-state index is 0.252. The normalized spacial score (nSPS) is 24.3. The van der Waals surface area contributed by atoms with E-state index in [1.54, 1.807) is 4.90 Å². The maximum absolute atomic E-state index is 12.6. The van der Waals surface area contributed by atoms with Gasteiger partial charge in [-0.25, -0.2) is 4.79 Å². The van der Waals surface area contributed by atoms with Crippen LogP contribution < -0.4 is 4.90 Å². The Kier molecular flexibility index (Phi) is 4.39. The van der Waals surface area contributed by atoms with Gasteiger partial charge in [-0.15, -0.1) is 0 Å². The molecule has 7 heteroatoms. The molecule has 0 spiro atoms. The van der Waals surface area contributed by atoms with Gasteiger partial charge in [0.15, 0.2) is 0 Å². The van der Waals surface area contributed by atoms with Crippen molar-refractivity contribution in [1.82, 2.24) is 4.90 Å². The molecular weight excluding hydrogens is 364 g/mol. The molecule has 2 aliphatic heterocycles. The van der Waals surface area contributed by atoms with Gasteiger partial charge in [0, 0.05) is 17.6 Å². The van der Waals surface area contributed by atoms with E-state index in [9.17, 15) is 19.5 Å². The lowest BCUT2D eigenvalue weighted by atomic mass is 10.1. The average Bonchev–Trinajstić information content (AvgIpc) is 3.14. The first-order chi connectivity index (χ1) is 11.0. The Morgan fingerprint density at radius 3 is 2.61 bits per heavy atom. The summed E-state index contributed by atoms with van der Waals surface area (Å²) in [5, 5.41) is 9.21. The molecule has 6 nitrogen and oxygen atoms in total. The fraction of sp³-hybridized carbons (Fsp3) is 0.438. The third-order valence-electron chi connectivity index (χ3n) is 4.47. The fourth-order valence-electron chi connectivity index (χ4n) is 3.31. The van der Waals surface area contributed by atoms with Crippen LogP contribution in [0.2, 0.25) is 0 Å². The van der Waals surface area contributed by atoms with Crippen molar-refractivity contribution in [3.63, 3.8) is 0 Å². The van der Waals surface area contributed by atoms with Crippen LogP contribution in [0.25, 0.3) is 0 Å². The molecule has 1 aromatic carbocycles. The number of carboxylic acid groups (broad SMARTS) is 1. The molecule has 0 unspecified atom stereocenters. The van der Waals surface area contributed by atoms with Gasteiger partial charge in [-0.3, -0.25) is 9.59 Å². The predicted octanol–water partition coefficient (Wildman–Crippen LogP) is 1.88. The van der Waals surface area contributed by atoms with E-state index in [1.807, 2.05) is 24.3 Å². The van der Waals surface area contributed by atoms with Crippen LogP contribution in [-0.2, 0) is 14.4 Å². The number of anilines is 1. The highest BCUT2D eigenvalue weighted by molar-refractivity contribution is 9.10. The highest BCUT2D eigenvalue weighted by Gasteiger charge is 2.44.